The summed E-state index contributed by atoms with van der Waals surface area (Å²) in [5, 5.41) is 8.95. The molecule has 2 aromatic rings. The lowest BCUT2D eigenvalue weighted by Crippen LogP contribution is -2.11. The van der Waals surface area contributed by atoms with Gasteiger partial charge in [0.1, 0.15) is 6.61 Å². The van der Waals surface area contributed by atoms with Crippen LogP contribution in [0.5, 0.6) is 11.5 Å². The third-order valence-corrected chi connectivity index (χ3v) is 3.50. The predicted molar refractivity (Wildman–Crippen MR) is 88.9 cm³/mol. The van der Waals surface area contributed by atoms with Crippen LogP contribution in [0.3, 0.4) is 0 Å². The molecule has 2 rings (SSSR count). The maximum atomic E-state index is 10.9. The van der Waals surface area contributed by atoms with E-state index in [1.807, 2.05) is 44.2 Å². The van der Waals surface area contributed by atoms with E-state index in [9.17, 15) is 4.79 Å². The van der Waals surface area contributed by atoms with E-state index >= 15 is 0 Å². The molecule has 0 aliphatic carbocycles. The van der Waals surface area contributed by atoms with Crippen LogP contribution in [0.2, 0.25) is 0 Å². The third kappa shape index (κ3) is 5.33. The smallest absolute Gasteiger partial charge is 0.307 e. The summed E-state index contributed by atoms with van der Waals surface area (Å²) in [6, 6.07) is 15.1. The van der Waals surface area contributed by atoms with Crippen LogP contribution in [0.1, 0.15) is 31.4 Å². The highest BCUT2D eigenvalue weighted by atomic mass is 16.5. The molecule has 0 unspecified atom stereocenters. The molecule has 0 spiro atoms. The van der Waals surface area contributed by atoms with Crippen LogP contribution in [0.15, 0.2) is 48.5 Å². The molecule has 23 heavy (non-hydrogen) atoms. The van der Waals surface area contributed by atoms with Crippen LogP contribution in [-0.2, 0) is 17.8 Å². The molecule has 0 fully saturated rings. The second kappa shape index (κ2) is 8.22. The molecule has 4 nitrogen and oxygen atoms in total. The lowest BCUT2D eigenvalue weighted by Gasteiger charge is -2.17. The van der Waals surface area contributed by atoms with Crippen LogP contribution in [0.4, 0.5) is 0 Å². The van der Waals surface area contributed by atoms with Crippen molar-refractivity contribution in [2.45, 2.75) is 39.4 Å². The largest absolute Gasteiger partial charge is 0.487 e. The Morgan fingerprint density at radius 1 is 1.09 bits per heavy atom. The van der Waals surface area contributed by atoms with Crippen molar-refractivity contribution >= 4 is 5.97 Å². The second-order valence-electron chi connectivity index (χ2n) is 5.46. The molecule has 122 valence electrons. The van der Waals surface area contributed by atoms with Gasteiger partial charge in [0.25, 0.3) is 0 Å². The van der Waals surface area contributed by atoms with Crippen LogP contribution in [-0.4, -0.2) is 17.2 Å². The highest BCUT2D eigenvalue weighted by Gasteiger charge is 2.11. The van der Waals surface area contributed by atoms with E-state index in [0.717, 1.165) is 12.0 Å². The number of rotatable bonds is 8. The zero-order valence-corrected chi connectivity index (χ0v) is 13.5. The Bertz CT molecular complexity index is 637. The molecule has 0 aliphatic rings. The first-order valence-electron chi connectivity index (χ1n) is 7.76. The first kappa shape index (κ1) is 16.9. The number of aliphatic carboxylic acids is 1. The van der Waals surface area contributed by atoms with E-state index in [4.69, 9.17) is 14.6 Å². The van der Waals surface area contributed by atoms with Crippen LogP contribution in [0, 0.1) is 0 Å². The van der Waals surface area contributed by atoms with Gasteiger partial charge in [-0.3, -0.25) is 4.79 Å². The van der Waals surface area contributed by atoms with Gasteiger partial charge < -0.3 is 14.6 Å². The molecule has 0 saturated heterocycles. The van der Waals surface area contributed by atoms with Gasteiger partial charge in [-0.15, -0.1) is 0 Å². The van der Waals surface area contributed by atoms with Gasteiger partial charge in [0.15, 0.2) is 11.5 Å². The van der Waals surface area contributed by atoms with E-state index in [1.165, 1.54) is 0 Å². The third-order valence-electron chi connectivity index (χ3n) is 3.50. The second-order valence-corrected chi connectivity index (χ2v) is 5.46. The zero-order chi connectivity index (χ0) is 16.7. The summed E-state index contributed by atoms with van der Waals surface area (Å²) < 4.78 is 11.7. The van der Waals surface area contributed by atoms with Gasteiger partial charge in [-0.1, -0.05) is 43.3 Å². The normalized spacial score (nSPS) is 11.7. The number of hydrogen-bond acceptors (Lipinski definition) is 3. The van der Waals surface area contributed by atoms with Gasteiger partial charge in [0.05, 0.1) is 12.5 Å². The van der Waals surface area contributed by atoms with Gasteiger partial charge in [0, 0.05) is 0 Å². The first-order valence-corrected chi connectivity index (χ1v) is 7.76. The van der Waals surface area contributed by atoms with Crippen molar-refractivity contribution in [1.82, 2.24) is 0 Å². The van der Waals surface area contributed by atoms with Crippen molar-refractivity contribution in [3.05, 3.63) is 59.7 Å². The maximum absolute atomic E-state index is 10.9. The van der Waals surface area contributed by atoms with Crippen LogP contribution >= 0.6 is 0 Å². The molecule has 0 aliphatic heterocycles. The maximum Gasteiger partial charge on any atom is 0.307 e. The first-order chi connectivity index (χ1) is 11.1. The highest BCUT2D eigenvalue weighted by Crippen LogP contribution is 2.30. The lowest BCUT2D eigenvalue weighted by molar-refractivity contribution is -0.136. The molecule has 4 heteroatoms. The van der Waals surface area contributed by atoms with Gasteiger partial charge >= 0.3 is 5.97 Å². The standard InChI is InChI=1S/C19H22O4/c1-3-14(2)23-17-10-9-16(12-19(20)21)11-18(17)22-13-15-7-5-4-6-8-15/h4-11,14H,3,12-13H2,1-2H3,(H,20,21)/t14-/m1/s1. The van der Waals surface area contributed by atoms with Crippen molar-refractivity contribution in [3.63, 3.8) is 0 Å². The van der Waals surface area contributed by atoms with Crippen molar-refractivity contribution in [2.24, 2.45) is 0 Å². The van der Waals surface area contributed by atoms with Crippen molar-refractivity contribution < 1.29 is 19.4 Å². The average molecular weight is 314 g/mol. The van der Waals surface area contributed by atoms with Crippen LogP contribution < -0.4 is 9.47 Å². The molecule has 0 bridgehead atoms. The molecule has 0 amide bonds. The van der Waals surface area contributed by atoms with Gasteiger partial charge in [-0.2, -0.15) is 0 Å². The summed E-state index contributed by atoms with van der Waals surface area (Å²) in [6.07, 6.45) is 0.916. The van der Waals surface area contributed by atoms with Crippen LogP contribution in [0.25, 0.3) is 0 Å². The number of carboxylic acid groups (broad SMARTS) is 1. The number of carboxylic acids is 1. The van der Waals surface area contributed by atoms with Gasteiger partial charge in [0.2, 0.25) is 0 Å². The summed E-state index contributed by atoms with van der Waals surface area (Å²) in [4.78, 5) is 10.9. The van der Waals surface area contributed by atoms with Gasteiger partial charge in [-0.05, 0) is 36.6 Å². The summed E-state index contributed by atoms with van der Waals surface area (Å²) in [7, 11) is 0. The Balaban J connectivity index is 2.18. The van der Waals surface area contributed by atoms with E-state index < -0.39 is 5.97 Å². The number of carbonyl (C=O) groups is 1. The SMILES string of the molecule is CC[C@@H](C)Oc1ccc(CC(=O)O)cc1OCc1ccccc1. The molecule has 0 saturated carbocycles. The average Bonchev–Trinajstić information content (AvgIpc) is 2.55. The quantitative estimate of drug-likeness (QED) is 0.798. The Labute approximate surface area is 136 Å². The molecule has 1 N–H and O–H groups in total. The highest BCUT2D eigenvalue weighted by molar-refractivity contribution is 5.70. The Hall–Kier alpha value is -2.49. The minimum absolute atomic E-state index is 0.0364. The summed E-state index contributed by atoms with van der Waals surface area (Å²) >= 11 is 0. The van der Waals surface area contributed by atoms with Crippen molar-refractivity contribution in [3.8, 4) is 11.5 Å². The Morgan fingerprint density at radius 3 is 2.48 bits per heavy atom. The minimum Gasteiger partial charge on any atom is -0.487 e. The van der Waals surface area contributed by atoms with Crippen molar-refractivity contribution in [2.75, 3.05) is 0 Å². The number of hydrogen-bond donors (Lipinski definition) is 1. The summed E-state index contributed by atoms with van der Waals surface area (Å²) in [5.41, 5.74) is 1.74. The molecular formula is C19H22O4. The zero-order valence-electron chi connectivity index (χ0n) is 13.5. The summed E-state index contributed by atoms with van der Waals surface area (Å²) in [6.45, 7) is 4.45. The fourth-order valence-electron chi connectivity index (χ4n) is 2.08. The molecule has 2 aromatic carbocycles. The predicted octanol–water partition coefficient (Wildman–Crippen LogP) is 4.07. The summed E-state index contributed by atoms with van der Waals surface area (Å²) in [5.74, 6) is 0.354. The fraction of sp³-hybridized carbons (Fsp3) is 0.316. The van der Waals surface area contributed by atoms with Gasteiger partial charge in [-0.25, -0.2) is 0 Å². The van der Waals surface area contributed by atoms with Crippen molar-refractivity contribution in [1.29, 1.82) is 0 Å². The fourth-order valence-corrected chi connectivity index (χ4v) is 2.08. The number of ether oxygens (including phenoxy) is 2. The molecular weight excluding hydrogens is 292 g/mol. The van der Waals surface area contributed by atoms with E-state index in [1.54, 1.807) is 18.2 Å². The minimum atomic E-state index is -0.866. The van der Waals surface area contributed by atoms with E-state index in [0.29, 0.717) is 23.7 Å². The molecule has 0 heterocycles. The van der Waals surface area contributed by atoms with E-state index in [2.05, 4.69) is 0 Å². The Morgan fingerprint density at radius 2 is 1.83 bits per heavy atom. The number of benzene rings is 2. The molecule has 1 atom stereocenters. The topological polar surface area (TPSA) is 55.8 Å². The molecule has 0 aromatic heterocycles. The Kier molecular flexibility index (Phi) is 6.03. The van der Waals surface area contributed by atoms with E-state index in [-0.39, 0.29) is 12.5 Å². The monoisotopic (exact) mass is 314 g/mol. The lowest BCUT2D eigenvalue weighted by atomic mass is 10.1. The molecule has 0 radical (unpaired) electrons.